The Morgan fingerprint density at radius 3 is 2.85 bits per heavy atom. The molecule has 0 spiro atoms. The van der Waals surface area contributed by atoms with Gasteiger partial charge in [-0.1, -0.05) is 6.07 Å². The molecule has 0 bridgehead atoms. The number of amides is 1. The van der Waals surface area contributed by atoms with Gasteiger partial charge in [-0.05, 0) is 38.0 Å². The van der Waals surface area contributed by atoms with Crippen molar-refractivity contribution in [3.05, 3.63) is 35.4 Å². The zero-order chi connectivity index (χ0) is 14.8. The van der Waals surface area contributed by atoms with E-state index in [2.05, 4.69) is 0 Å². The molecular formula is C15H16N2O3. The van der Waals surface area contributed by atoms with Gasteiger partial charge in [-0.3, -0.25) is 9.59 Å². The smallest absolute Gasteiger partial charge is 0.311 e. The van der Waals surface area contributed by atoms with Crippen LogP contribution in [0.3, 0.4) is 0 Å². The molecule has 2 rings (SSSR count). The second kappa shape index (κ2) is 5.33. The minimum Gasteiger partial charge on any atom is -0.481 e. The van der Waals surface area contributed by atoms with E-state index in [9.17, 15) is 14.7 Å². The van der Waals surface area contributed by atoms with Crippen LogP contribution in [-0.4, -0.2) is 35.0 Å². The number of rotatable bonds is 2. The lowest BCUT2D eigenvalue weighted by molar-refractivity contribution is -0.150. The number of hydrogen-bond acceptors (Lipinski definition) is 3. The van der Waals surface area contributed by atoms with E-state index in [-0.39, 0.29) is 12.5 Å². The van der Waals surface area contributed by atoms with Crippen LogP contribution >= 0.6 is 0 Å². The van der Waals surface area contributed by atoms with E-state index in [1.807, 2.05) is 6.07 Å². The average molecular weight is 272 g/mol. The summed E-state index contributed by atoms with van der Waals surface area (Å²) < 4.78 is 0. The quantitative estimate of drug-likeness (QED) is 0.891. The standard InChI is InChI=1S/C15H16N2O3/c1-15(14(19)20)6-3-7-17(10-15)13(18)12-5-2-4-11(8-12)9-16/h2,4-5,8H,3,6-7,10H2,1H3,(H,19,20). The van der Waals surface area contributed by atoms with Gasteiger partial charge in [0.25, 0.3) is 5.91 Å². The maximum atomic E-state index is 12.4. The van der Waals surface area contributed by atoms with Gasteiger partial charge in [-0.2, -0.15) is 5.26 Å². The average Bonchev–Trinajstić information content (AvgIpc) is 2.46. The number of carbonyl (C=O) groups is 2. The Bertz CT molecular complexity index is 591. The number of piperidine rings is 1. The van der Waals surface area contributed by atoms with Crippen LogP contribution in [0, 0.1) is 16.7 Å². The molecule has 1 N–H and O–H groups in total. The number of benzene rings is 1. The molecule has 20 heavy (non-hydrogen) atoms. The van der Waals surface area contributed by atoms with Crippen LogP contribution in [0.1, 0.15) is 35.7 Å². The van der Waals surface area contributed by atoms with Crippen LogP contribution in [0.25, 0.3) is 0 Å². The van der Waals surface area contributed by atoms with Crippen molar-refractivity contribution < 1.29 is 14.7 Å². The number of aliphatic carboxylic acids is 1. The monoisotopic (exact) mass is 272 g/mol. The first kappa shape index (κ1) is 14.1. The van der Waals surface area contributed by atoms with Crippen molar-refractivity contribution >= 4 is 11.9 Å². The zero-order valence-electron chi connectivity index (χ0n) is 11.3. The van der Waals surface area contributed by atoms with Gasteiger partial charge < -0.3 is 10.0 Å². The van der Waals surface area contributed by atoms with Crippen molar-refractivity contribution in [2.75, 3.05) is 13.1 Å². The molecule has 1 atom stereocenters. The zero-order valence-corrected chi connectivity index (χ0v) is 11.3. The van der Waals surface area contributed by atoms with Crippen molar-refractivity contribution in [3.8, 4) is 6.07 Å². The third kappa shape index (κ3) is 2.64. The first-order valence-electron chi connectivity index (χ1n) is 6.49. The Morgan fingerprint density at radius 1 is 1.45 bits per heavy atom. The highest BCUT2D eigenvalue weighted by molar-refractivity contribution is 5.95. The molecule has 0 saturated carbocycles. The summed E-state index contributed by atoms with van der Waals surface area (Å²) in [4.78, 5) is 25.3. The van der Waals surface area contributed by atoms with Gasteiger partial charge in [-0.25, -0.2) is 0 Å². The van der Waals surface area contributed by atoms with Crippen LogP contribution in [0.2, 0.25) is 0 Å². The molecule has 1 aromatic rings. The summed E-state index contributed by atoms with van der Waals surface area (Å²) in [7, 11) is 0. The highest BCUT2D eigenvalue weighted by Crippen LogP contribution is 2.30. The summed E-state index contributed by atoms with van der Waals surface area (Å²) in [6.45, 7) is 2.43. The maximum Gasteiger partial charge on any atom is 0.311 e. The molecule has 104 valence electrons. The summed E-state index contributed by atoms with van der Waals surface area (Å²) in [6, 6.07) is 8.47. The molecule has 0 aliphatic carbocycles. The first-order chi connectivity index (χ1) is 9.46. The van der Waals surface area contributed by atoms with Crippen LogP contribution in [0.4, 0.5) is 0 Å². The summed E-state index contributed by atoms with van der Waals surface area (Å²) in [5, 5.41) is 18.1. The molecule has 0 aromatic heterocycles. The van der Waals surface area contributed by atoms with E-state index in [0.717, 1.165) is 0 Å². The van der Waals surface area contributed by atoms with Gasteiger partial charge in [-0.15, -0.1) is 0 Å². The minimum atomic E-state index is -0.888. The molecule has 0 radical (unpaired) electrons. The molecule has 1 amide bonds. The van der Waals surface area contributed by atoms with Crippen LogP contribution in [-0.2, 0) is 4.79 Å². The highest BCUT2D eigenvalue weighted by atomic mass is 16.4. The third-order valence-corrected chi connectivity index (χ3v) is 3.74. The van der Waals surface area contributed by atoms with E-state index in [1.54, 1.807) is 30.0 Å². The second-order valence-electron chi connectivity index (χ2n) is 5.39. The van der Waals surface area contributed by atoms with Crippen molar-refractivity contribution in [2.24, 2.45) is 5.41 Å². The Labute approximate surface area is 117 Å². The first-order valence-corrected chi connectivity index (χ1v) is 6.49. The van der Waals surface area contributed by atoms with Crippen LogP contribution < -0.4 is 0 Å². The Morgan fingerprint density at radius 2 is 2.20 bits per heavy atom. The molecule has 1 saturated heterocycles. The molecule has 1 aliphatic rings. The van der Waals surface area contributed by atoms with E-state index < -0.39 is 11.4 Å². The molecular weight excluding hydrogens is 256 g/mol. The van der Waals surface area contributed by atoms with Crippen molar-refractivity contribution in [2.45, 2.75) is 19.8 Å². The van der Waals surface area contributed by atoms with E-state index in [0.29, 0.717) is 30.5 Å². The number of hydrogen-bond donors (Lipinski definition) is 1. The van der Waals surface area contributed by atoms with Crippen molar-refractivity contribution in [1.29, 1.82) is 5.26 Å². The molecule has 5 nitrogen and oxygen atoms in total. The number of nitrogens with zero attached hydrogens (tertiary/aromatic N) is 2. The summed E-state index contributed by atoms with van der Waals surface area (Å²) >= 11 is 0. The fraction of sp³-hybridized carbons (Fsp3) is 0.400. The van der Waals surface area contributed by atoms with Gasteiger partial charge in [0.2, 0.25) is 0 Å². The topological polar surface area (TPSA) is 81.4 Å². The number of likely N-dealkylation sites (tertiary alicyclic amines) is 1. The van der Waals surface area contributed by atoms with Gasteiger partial charge >= 0.3 is 5.97 Å². The van der Waals surface area contributed by atoms with Crippen molar-refractivity contribution in [3.63, 3.8) is 0 Å². The van der Waals surface area contributed by atoms with Crippen LogP contribution in [0.15, 0.2) is 24.3 Å². The van der Waals surface area contributed by atoms with Gasteiger partial charge in [0.05, 0.1) is 17.0 Å². The second-order valence-corrected chi connectivity index (χ2v) is 5.39. The summed E-state index contributed by atoms with van der Waals surface area (Å²) in [5.41, 5.74) is -0.0339. The lowest BCUT2D eigenvalue weighted by Gasteiger charge is -2.37. The normalized spacial score (nSPS) is 22.1. The SMILES string of the molecule is CC1(C(=O)O)CCCN(C(=O)c2cccc(C#N)c2)C1. The van der Waals surface area contributed by atoms with E-state index in [4.69, 9.17) is 5.26 Å². The van der Waals surface area contributed by atoms with Crippen LogP contribution in [0.5, 0.6) is 0 Å². The van der Waals surface area contributed by atoms with Gasteiger partial charge in [0, 0.05) is 18.7 Å². The maximum absolute atomic E-state index is 12.4. The molecule has 1 aromatic carbocycles. The predicted octanol–water partition coefficient (Wildman–Crippen LogP) is 1.89. The molecule has 1 heterocycles. The lowest BCUT2D eigenvalue weighted by Crippen LogP contribution is -2.48. The fourth-order valence-electron chi connectivity index (χ4n) is 2.49. The number of nitriles is 1. The van der Waals surface area contributed by atoms with Crippen molar-refractivity contribution in [1.82, 2.24) is 4.90 Å². The number of carboxylic acids is 1. The summed E-state index contributed by atoms with van der Waals surface area (Å²) in [6.07, 6.45) is 1.25. The predicted molar refractivity (Wildman–Crippen MR) is 72.0 cm³/mol. The Hall–Kier alpha value is -2.35. The largest absolute Gasteiger partial charge is 0.481 e. The fourth-order valence-corrected chi connectivity index (χ4v) is 2.49. The lowest BCUT2D eigenvalue weighted by atomic mass is 9.82. The number of carboxylic acid groups (broad SMARTS) is 1. The third-order valence-electron chi connectivity index (χ3n) is 3.74. The Kier molecular flexibility index (Phi) is 3.75. The van der Waals surface area contributed by atoms with Gasteiger partial charge in [0.1, 0.15) is 0 Å². The molecule has 5 heteroatoms. The van der Waals surface area contributed by atoms with E-state index in [1.165, 1.54) is 6.07 Å². The molecule has 1 unspecified atom stereocenters. The summed E-state index contributed by atoms with van der Waals surface area (Å²) in [5.74, 6) is -1.09. The highest BCUT2D eigenvalue weighted by Gasteiger charge is 2.39. The molecule has 1 fully saturated rings. The number of carbonyl (C=O) groups excluding carboxylic acids is 1. The molecule has 1 aliphatic heterocycles. The minimum absolute atomic E-state index is 0.206. The van der Waals surface area contributed by atoms with Gasteiger partial charge in [0.15, 0.2) is 0 Å². The Balaban J connectivity index is 2.21. The van der Waals surface area contributed by atoms with E-state index >= 15 is 0 Å².